The normalized spacial score (nSPS) is 11.0. The molecule has 0 unspecified atom stereocenters. The number of amides is 2. The number of rotatable bonds is 9. The van der Waals surface area contributed by atoms with Gasteiger partial charge in [0.2, 0.25) is 6.41 Å². The van der Waals surface area contributed by atoms with E-state index in [0.29, 0.717) is 46.4 Å². The fourth-order valence-corrected chi connectivity index (χ4v) is 3.86. The standard InChI is InChI=1S/C28H27ClN6O5/c1-28(2,3)24-15-25(35(33-24)18-7-5-6-17(12-18)27(38)39-4)34(16-36)32-22-9-8-19(13-21(22)29)40-20-10-11-31-23(14-20)26(30)37/h5-16,32H,1-4H3,(H2,30,37). The van der Waals surface area contributed by atoms with Crippen LogP contribution in [0, 0.1) is 0 Å². The van der Waals surface area contributed by atoms with Gasteiger partial charge in [0.05, 0.1) is 34.8 Å². The lowest BCUT2D eigenvalue weighted by molar-refractivity contribution is -0.107. The Hall–Kier alpha value is -4.90. The van der Waals surface area contributed by atoms with Gasteiger partial charge in [-0.2, -0.15) is 5.10 Å². The number of benzene rings is 2. The summed E-state index contributed by atoms with van der Waals surface area (Å²) >= 11 is 6.53. The number of hydrazine groups is 1. The number of ether oxygens (including phenoxy) is 2. The average molecular weight is 563 g/mol. The van der Waals surface area contributed by atoms with E-state index in [1.807, 2.05) is 20.8 Å². The van der Waals surface area contributed by atoms with Crippen molar-refractivity contribution in [2.75, 3.05) is 17.5 Å². The molecule has 206 valence electrons. The van der Waals surface area contributed by atoms with E-state index in [1.165, 1.54) is 24.4 Å². The fraction of sp³-hybridized carbons (Fsp3) is 0.179. The predicted molar refractivity (Wildman–Crippen MR) is 150 cm³/mol. The van der Waals surface area contributed by atoms with Gasteiger partial charge in [-0.1, -0.05) is 38.4 Å². The van der Waals surface area contributed by atoms with Crippen molar-refractivity contribution in [1.29, 1.82) is 0 Å². The summed E-state index contributed by atoms with van der Waals surface area (Å²) in [6, 6.07) is 16.3. The molecule has 0 aliphatic heterocycles. The van der Waals surface area contributed by atoms with Crippen LogP contribution < -0.4 is 20.9 Å². The molecular weight excluding hydrogens is 536 g/mol. The molecule has 2 amide bonds. The number of nitrogens with one attached hydrogen (secondary N) is 1. The number of pyridine rings is 1. The van der Waals surface area contributed by atoms with E-state index in [4.69, 9.17) is 31.9 Å². The summed E-state index contributed by atoms with van der Waals surface area (Å²) in [5.41, 5.74) is 10.0. The van der Waals surface area contributed by atoms with E-state index < -0.39 is 11.9 Å². The van der Waals surface area contributed by atoms with Crippen LogP contribution in [0.15, 0.2) is 66.9 Å². The molecule has 3 N–H and O–H groups in total. The maximum atomic E-state index is 12.3. The van der Waals surface area contributed by atoms with Gasteiger partial charge in [-0.25, -0.2) is 14.5 Å². The highest BCUT2D eigenvalue weighted by Crippen LogP contribution is 2.33. The first-order valence-corrected chi connectivity index (χ1v) is 12.4. The van der Waals surface area contributed by atoms with E-state index in [1.54, 1.807) is 59.3 Å². The van der Waals surface area contributed by atoms with Crippen LogP contribution in [0.1, 0.15) is 47.3 Å². The van der Waals surface area contributed by atoms with E-state index in [9.17, 15) is 14.4 Å². The molecule has 0 atom stereocenters. The van der Waals surface area contributed by atoms with Crippen molar-refractivity contribution in [3.05, 3.63) is 88.8 Å². The second-order valence-corrected chi connectivity index (χ2v) is 10.1. The van der Waals surface area contributed by atoms with Crippen LogP contribution in [0.3, 0.4) is 0 Å². The highest BCUT2D eigenvalue weighted by molar-refractivity contribution is 6.33. The Morgan fingerprint density at radius 1 is 1.07 bits per heavy atom. The van der Waals surface area contributed by atoms with Gasteiger partial charge in [0, 0.05) is 29.8 Å². The minimum absolute atomic E-state index is 0.0619. The Kier molecular flexibility index (Phi) is 8.05. The molecule has 12 heteroatoms. The second kappa shape index (κ2) is 11.5. The summed E-state index contributed by atoms with van der Waals surface area (Å²) in [6.45, 7) is 5.99. The molecule has 0 spiro atoms. The number of hydrogen-bond donors (Lipinski definition) is 2. The number of halogens is 1. The molecule has 4 rings (SSSR count). The Balaban J connectivity index is 1.66. The molecule has 0 aliphatic carbocycles. The lowest BCUT2D eigenvalue weighted by Crippen LogP contribution is -2.30. The minimum Gasteiger partial charge on any atom is -0.465 e. The third kappa shape index (κ3) is 6.21. The van der Waals surface area contributed by atoms with Crippen LogP contribution in [0.5, 0.6) is 11.5 Å². The Labute approximate surface area is 235 Å². The number of nitrogens with two attached hydrogens (primary N) is 1. The number of primary amides is 1. The monoisotopic (exact) mass is 562 g/mol. The molecule has 0 bridgehead atoms. The summed E-state index contributed by atoms with van der Waals surface area (Å²) in [5, 5.41) is 6.21. The van der Waals surface area contributed by atoms with Crippen molar-refractivity contribution >= 4 is 41.4 Å². The summed E-state index contributed by atoms with van der Waals surface area (Å²) in [6.07, 6.45) is 2.00. The molecule has 2 heterocycles. The maximum Gasteiger partial charge on any atom is 0.337 e. The summed E-state index contributed by atoms with van der Waals surface area (Å²) in [7, 11) is 1.31. The first kappa shape index (κ1) is 28.1. The number of aromatic nitrogens is 3. The van der Waals surface area contributed by atoms with E-state index in [2.05, 4.69) is 10.4 Å². The number of hydrogen-bond acceptors (Lipinski definition) is 8. The van der Waals surface area contributed by atoms with Crippen molar-refractivity contribution in [3.63, 3.8) is 0 Å². The molecule has 0 saturated heterocycles. The van der Waals surface area contributed by atoms with Crippen molar-refractivity contribution < 1.29 is 23.9 Å². The first-order chi connectivity index (χ1) is 19.0. The van der Waals surface area contributed by atoms with Crippen LogP contribution in [-0.2, 0) is 14.9 Å². The number of anilines is 2. The topological polar surface area (TPSA) is 142 Å². The number of esters is 1. The number of carbonyl (C=O) groups excluding carboxylic acids is 3. The van der Waals surface area contributed by atoms with Gasteiger partial charge in [-0.15, -0.1) is 0 Å². The largest absolute Gasteiger partial charge is 0.465 e. The zero-order valence-corrected chi connectivity index (χ0v) is 23.0. The average Bonchev–Trinajstić information content (AvgIpc) is 3.39. The quantitative estimate of drug-likeness (QED) is 0.167. The Morgan fingerprint density at radius 2 is 1.82 bits per heavy atom. The molecule has 40 heavy (non-hydrogen) atoms. The summed E-state index contributed by atoms with van der Waals surface area (Å²) in [4.78, 5) is 39.7. The van der Waals surface area contributed by atoms with Crippen LogP contribution in [0.4, 0.5) is 11.5 Å². The van der Waals surface area contributed by atoms with E-state index >= 15 is 0 Å². The lowest BCUT2D eigenvalue weighted by atomic mass is 9.92. The third-order valence-corrected chi connectivity index (χ3v) is 6.04. The number of carbonyl (C=O) groups is 3. The molecule has 0 radical (unpaired) electrons. The van der Waals surface area contributed by atoms with Crippen LogP contribution >= 0.6 is 11.6 Å². The van der Waals surface area contributed by atoms with Crippen LogP contribution in [0.25, 0.3) is 5.69 Å². The fourth-order valence-electron chi connectivity index (χ4n) is 3.64. The van der Waals surface area contributed by atoms with E-state index in [-0.39, 0.29) is 16.1 Å². The number of methoxy groups -OCH3 is 1. The smallest absolute Gasteiger partial charge is 0.337 e. The Bertz CT molecular complexity index is 1580. The van der Waals surface area contributed by atoms with Crippen molar-refractivity contribution in [1.82, 2.24) is 14.8 Å². The highest BCUT2D eigenvalue weighted by Gasteiger charge is 2.24. The third-order valence-electron chi connectivity index (χ3n) is 5.72. The molecule has 11 nitrogen and oxygen atoms in total. The molecular formula is C28H27ClN6O5. The molecule has 0 aliphatic rings. The van der Waals surface area contributed by atoms with Crippen LogP contribution in [0.2, 0.25) is 5.02 Å². The first-order valence-electron chi connectivity index (χ1n) is 12.0. The zero-order chi connectivity index (χ0) is 29.0. The maximum absolute atomic E-state index is 12.3. The number of nitrogens with zero attached hydrogens (tertiary/aromatic N) is 4. The van der Waals surface area contributed by atoms with Gasteiger partial charge in [-0.3, -0.25) is 20.0 Å². The lowest BCUT2D eigenvalue weighted by Gasteiger charge is -2.21. The van der Waals surface area contributed by atoms with Crippen LogP contribution in [-0.4, -0.2) is 40.2 Å². The zero-order valence-electron chi connectivity index (χ0n) is 22.2. The molecule has 4 aromatic rings. The Morgan fingerprint density at radius 3 is 2.48 bits per heavy atom. The van der Waals surface area contributed by atoms with Gasteiger partial charge in [-0.05, 0) is 36.4 Å². The predicted octanol–water partition coefficient (Wildman–Crippen LogP) is 4.89. The summed E-state index contributed by atoms with van der Waals surface area (Å²) < 4.78 is 12.2. The van der Waals surface area contributed by atoms with Crippen molar-refractivity contribution in [2.45, 2.75) is 26.2 Å². The van der Waals surface area contributed by atoms with Gasteiger partial charge in [0.1, 0.15) is 17.2 Å². The highest BCUT2D eigenvalue weighted by atomic mass is 35.5. The van der Waals surface area contributed by atoms with Gasteiger partial charge < -0.3 is 15.2 Å². The molecule has 2 aromatic heterocycles. The van der Waals surface area contributed by atoms with Crippen molar-refractivity contribution in [3.8, 4) is 17.2 Å². The van der Waals surface area contributed by atoms with E-state index in [0.717, 1.165) is 0 Å². The minimum atomic E-state index is -0.678. The molecule has 0 fully saturated rings. The molecule has 2 aromatic carbocycles. The van der Waals surface area contributed by atoms with Gasteiger partial charge in [0.15, 0.2) is 5.82 Å². The van der Waals surface area contributed by atoms with Crippen molar-refractivity contribution in [2.24, 2.45) is 5.73 Å². The van der Waals surface area contributed by atoms with Gasteiger partial charge >= 0.3 is 5.97 Å². The van der Waals surface area contributed by atoms with Gasteiger partial charge in [0.25, 0.3) is 5.91 Å². The summed E-state index contributed by atoms with van der Waals surface area (Å²) in [5.74, 6) is -0.0574. The SMILES string of the molecule is COC(=O)c1cccc(-n2nc(C(C)(C)C)cc2N(C=O)Nc2ccc(Oc3ccnc(C(N)=O)c3)cc2Cl)c1. The molecule has 0 saturated carbocycles. The second-order valence-electron chi connectivity index (χ2n) is 9.66.